The monoisotopic (exact) mass is 289 g/mol. The normalized spacial score (nSPS) is 16.0. The van der Waals surface area contributed by atoms with E-state index in [2.05, 4.69) is 4.90 Å². The van der Waals surface area contributed by atoms with Crippen LogP contribution in [-0.2, 0) is 6.54 Å². The first-order valence-corrected chi connectivity index (χ1v) is 7.36. The predicted molar refractivity (Wildman–Crippen MR) is 74.8 cm³/mol. The van der Waals surface area contributed by atoms with E-state index in [0.29, 0.717) is 16.9 Å². The van der Waals surface area contributed by atoms with Gasteiger partial charge in [0.25, 0.3) is 0 Å². The minimum Gasteiger partial charge on any atom is -0.296 e. The van der Waals surface area contributed by atoms with Gasteiger partial charge in [0.2, 0.25) is 0 Å². The van der Waals surface area contributed by atoms with Crippen LogP contribution in [-0.4, -0.2) is 23.4 Å². The lowest BCUT2D eigenvalue weighted by Crippen LogP contribution is -2.40. The molecule has 1 aromatic carbocycles. The zero-order chi connectivity index (χ0) is 13.0. The molecule has 1 aliphatic rings. The summed E-state index contributed by atoms with van der Waals surface area (Å²) >= 11 is 11.9. The number of benzene rings is 1. The average Bonchev–Trinajstić information content (AvgIpc) is 2.28. The highest BCUT2D eigenvalue weighted by molar-refractivity contribution is 6.31. The molecule has 1 fully saturated rings. The lowest BCUT2D eigenvalue weighted by molar-refractivity contribution is 0.120. The smallest absolute Gasteiger partial charge is 0.123 e. The van der Waals surface area contributed by atoms with Crippen LogP contribution in [0, 0.1) is 5.82 Å². The topological polar surface area (TPSA) is 3.24 Å². The highest BCUT2D eigenvalue weighted by Crippen LogP contribution is 2.28. The molecule has 0 amide bonds. The number of halogens is 3. The maximum Gasteiger partial charge on any atom is 0.123 e. The van der Waals surface area contributed by atoms with Crippen molar-refractivity contribution in [1.82, 2.24) is 4.90 Å². The van der Waals surface area contributed by atoms with Gasteiger partial charge in [0.15, 0.2) is 0 Å². The van der Waals surface area contributed by atoms with E-state index < -0.39 is 0 Å². The largest absolute Gasteiger partial charge is 0.296 e. The maximum atomic E-state index is 13.2. The summed E-state index contributed by atoms with van der Waals surface area (Å²) in [6.07, 6.45) is 4.72. The number of nitrogens with zero attached hydrogens (tertiary/aromatic N) is 1. The standard InChI is InChI=1S/C14H18Cl2FN/c15-7-2-8-18(13-3-1-4-13)10-11-9-12(17)5-6-14(11)16/h5-6,9,13H,1-4,7-8,10H2. The van der Waals surface area contributed by atoms with Crippen LogP contribution in [0.15, 0.2) is 18.2 Å². The molecule has 100 valence electrons. The molecular weight excluding hydrogens is 272 g/mol. The van der Waals surface area contributed by atoms with Crippen molar-refractivity contribution < 1.29 is 4.39 Å². The van der Waals surface area contributed by atoms with E-state index in [-0.39, 0.29) is 5.82 Å². The summed E-state index contributed by atoms with van der Waals surface area (Å²) in [4.78, 5) is 2.38. The van der Waals surface area contributed by atoms with Crippen molar-refractivity contribution in [3.8, 4) is 0 Å². The number of hydrogen-bond donors (Lipinski definition) is 0. The van der Waals surface area contributed by atoms with Gasteiger partial charge in [0.05, 0.1) is 0 Å². The number of hydrogen-bond acceptors (Lipinski definition) is 1. The number of rotatable bonds is 6. The summed E-state index contributed by atoms with van der Waals surface area (Å²) < 4.78 is 13.2. The summed E-state index contributed by atoms with van der Waals surface area (Å²) in [6, 6.07) is 5.19. The van der Waals surface area contributed by atoms with Gasteiger partial charge in [0.1, 0.15) is 5.82 Å². The molecule has 0 atom stereocenters. The third-order valence-corrected chi connectivity index (χ3v) is 4.19. The molecule has 0 radical (unpaired) electrons. The first-order chi connectivity index (χ1) is 8.70. The molecule has 2 rings (SSSR count). The summed E-state index contributed by atoms with van der Waals surface area (Å²) in [5, 5.41) is 0.645. The summed E-state index contributed by atoms with van der Waals surface area (Å²) in [5.41, 5.74) is 0.873. The van der Waals surface area contributed by atoms with Crippen molar-refractivity contribution in [3.05, 3.63) is 34.6 Å². The maximum absolute atomic E-state index is 13.2. The second-order valence-corrected chi connectivity index (χ2v) is 5.62. The van der Waals surface area contributed by atoms with Crippen LogP contribution in [0.25, 0.3) is 0 Å². The molecule has 0 spiro atoms. The van der Waals surface area contributed by atoms with E-state index >= 15 is 0 Å². The lowest BCUT2D eigenvalue weighted by Gasteiger charge is -2.37. The molecule has 0 aliphatic heterocycles. The molecule has 1 aliphatic carbocycles. The SMILES string of the molecule is Fc1ccc(Cl)c(CN(CCCCl)C2CCC2)c1. The summed E-state index contributed by atoms with van der Waals surface area (Å²) in [5.74, 6) is 0.445. The van der Waals surface area contributed by atoms with E-state index in [0.717, 1.165) is 25.1 Å². The Labute approximate surface area is 118 Å². The van der Waals surface area contributed by atoms with Crippen LogP contribution in [0.1, 0.15) is 31.2 Å². The van der Waals surface area contributed by atoms with Crippen LogP contribution in [0.2, 0.25) is 5.02 Å². The van der Waals surface area contributed by atoms with Crippen LogP contribution >= 0.6 is 23.2 Å². The van der Waals surface area contributed by atoms with Gasteiger partial charge in [0, 0.05) is 23.5 Å². The molecule has 0 saturated heterocycles. The Hall–Kier alpha value is -0.310. The fourth-order valence-electron chi connectivity index (χ4n) is 2.29. The molecule has 0 N–H and O–H groups in total. The van der Waals surface area contributed by atoms with Crippen LogP contribution in [0.3, 0.4) is 0 Å². The molecule has 0 heterocycles. The van der Waals surface area contributed by atoms with Gasteiger partial charge in [-0.05, 0) is 49.6 Å². The van der Waals surface area contributed by atoms with E-state index in [1.807, 2.05) is 0 Å². The van der Waals surface area contributed by atoms with Gasteiger partial charge in [-0.1, -0.05) is 18.0 Å². The van der Waals surface area contributed by atoms with Gasteiger partial charge in [-0.25, -0.2) is 4.39 Å². The Bertz CT molecular complexity index is 393. The second kappa shape index (κ2) is 6.74. The first-order valence-electron chi connectivity index (χ1n) is 6.44. The number of alkyl halides is 1. The van der Waals surface area contributed by atoms with E-state index in [1.165, 1.54) is 31.4 Å². The van der Waals surface area contributed by atoms with Gasteiger partial charge >= 0.3 is 0 Å². The minimum atomic E-state index is -0.222. The van der Waals surface area contributed by atoms with Gasteiger partial charge in [-0.2, -0.15) is 0 Å². The highest BCUT2D eigenvalue weighted by atomic mass is 35.5. The Balaban J connectivity index is 2.04. The zero-order valence-electron chi connectivity index (χ0n) is 10.3. The summed E-state index contributed by atoms with van der Waals surface area (Å²) in [6.45, 7) is 1.68. The van der Waals surface area contributed by atoms with Crippen molar-refractivity contribution in [3.63, 3.8) is 0 Å². The second-order valence-electron chi connectivity index (χ2n) is 4.83. The van der Waals surface area contributed by atoms with Crippen molar-refractivity contribution in [1.29, 1.82) is 0 Å². The fourth-order valence-corrected chi connectivity index (χ4v) is 2.59. The third-order valence-electron chi connectivity index (χ3n) is 3.55. The molecule has 0 unspecified atom stereocenters. The fraction of sp³-hybridized carbons (Fsp3) is 0.571. The Morgan fingerprint density at radius 2 is 2.11 bits per heavy atom. The van der Waals surface area contributed by atoms with E-state index in [9.17, 15) is 4.39 Å². The molecule has 0 aromatic heterocycles. The van der Waals surface area contributed by atoms with Crippen molar-refractivity contribution in [2.24, 2.45) is 0 Å². The van der Waals surface area contributed by atoms with Crippen molar-refractivity contribution >= 4 is 23.2 Å². The molecule has 1 saturated carbocycles. The van der Waals surface area contributed by atoms with E-state index in [1.54, 1.807) is 6.07 Å². The molecule has 18 heavy (non-hydrogen) atoms. The minimum absolute atomic E-state index is 0.222. The Morgan fingerprint density at radius 1 is 1.33 bits per heavy atom. The molecule has 1 aromatic rings. The average molecular weight is 290 g/mol. The first kappa shape index (κ1) is 14.1. The van der Waals surface area contributed by atoms with Crippen molar-refractivity contribution in [2.75, 3.05) is 12.4 Å². The molecular formula is C14H18Cl2FN. The van der Waals surface area contributed by atoms with Crippen molar-refractivity contribution in [2.45, 2.75) is 38.3 Å². The Kier molecular flexibility index (Phi) is 5.28. The highest BCUT2D eigenvalue weighted by Gasteiger charge is 2.25. The van der Waals surface area contributed by atoms with E-state index in [4.69, 9.17) is 23.2 Å². The van der Waals surface area contributed by atoms with Crippen LogP contribution in [0.5, 0.6) is 0 Å². The van der Waals surface area contributed by atoms with Crippen LogP contribution < -0.4 is 0 Å². The predicted octanol–water partition coefficient (Wildman–Crippen LogP) is 4.46. The molecule has 1 nitrogen and oxygen atoms in total. The quantitative estimate of drug-likeness (QED) is 0.699. The third kappa shape index (κ3) is 3.59. The lowest BCUT2D eigenvalue weighted by atomic mass is 9.91. The zero-order valence-corrected chi connectivity index (χ0v) is 11.9. The summed E-state index contributed by atoms with van der Waals surface area (Å²) in [7, 11) is 0. The van der Waals surface area contributed by atoms with Crippen LogP contribution in [0.4, 0.5) is 4.39 Å². The van der Waals surface area contributed by atoms with Gasteiger partial charge < -0.3 is 0 Å². The van der Waals surface area contributed by atoms with Gasteiger partial charge in [-0.15, -0.1) is 11.6 Å². The Morgan fingerprint density at radius 3 is 2.72 bits per heavy atom. The molecule has 0 bridgehead atoms. The molecule has 4 heteroatoms. The van der Waals surface area contributed by atoms with Gasteiger partial charge in [-0.3, -0.25) is 4.90 Å².